The molecule has 2 saturated heterocycles. The van der Waals surface area contributed by atoms with Crippen molar-refractivity contribution in [1.29, 1.82) is 0 Å². The van der Waals surface area contributed by atoms with Crippen LogP contribution in [0.2, 0.25) is 0 Å². The molecule has 1 N–H and O–H groups in total. The monoisotopic (exact) mass is 387 g/mol. The number of carbonyl (C=O) groups is 3. The highest BCUT2D eigenvalue weighted by Crippen LogP contribution is 2.35. The number of rotatable bonds is 4. The molecule has 2 fully saturated rings. The number of piperidine rings is 1. The maximum absolute atomic E-state index is 12.7. The molecule has 8 heteroatoms. The molecule has 8 nitrogen and oxygen atoms in total. The summed E-state index contributed by atoms with van der Waals surface area (Å²) in [5.41, 5.74) is 1.06. The highest BCUT2D eigenvalue weighted by molar-refractivity contribution is 6.03. The molecule has 4 rings (SSSR count). The number of fused-ring (bicyclic) bond motifs is 1. The van der Waals surface area contributed by atoms with Crippen LogP contribution >= 0.6 is 0 Å². The van der Waals surface area contributed by atoms with E-state index in [1.807, 2.05) is 4.90 Å². The predicted molar refractivity (Wildman–Crippen MR) is 102 cm³/mol. The van der Waals surface area contributed by atoms with Crippen molar-refractivity contribution in [3.05, 3.63) is 18.2 Å². The van der Waals surface area contributed by atoms with Crippen molar-refractivity contribution in [2.45, 2.75) is 38.2 Å². The fraction of sp³-hybridized carbons (Fsp3) is 0.550. The number of likely N-dealkylation sites (tertiary alicyclic amines) is 1. The third-order valence-corrected chi connectivity index (χ3v) is 5.39. The summed E-state index contributed by atoms with van der Waals surface area (Å²) in [5, 5.41) is 2.83. The highest BCUT2D eigenvalue weighted by Gasteiger charge is 2.30. The summed E-state index contributed by atoms with van der Waals surface area (Å²) in [6, 6.07) is 5.13. The Kier molecular flexibility index (Phi) is 5.47. The van der Waals surface area contributed by atoms with Crippen molar-refractivity contribution >= 4 is 29.1 Å². The van der Waals surface area contributed by atoms with Crippen molar-refractivity contribution in [2.75, 3.05) is 43.1 Å². The largest absolute Gasteiger partial charge is 0.482 e. The smallest absolute Gasteiger partial charge is 0.265 e. The minimum atomic E-state index is -0.439. The molecule has 1 atom stereocenters. The number of carbonyl (C=O) groups excluding carboxylic acids is 3. The number of amides is 3. The van der Waals surface area contributed by atoms with E-state index < -0.39 is 6.10 Å². The van der Waals surface area contributed by atoms with Crippen molar-refractivity contribution in [1.82, 2.24) is 4.90 Å². The fourth-order valence-electron chi connectivity index (χ4n) is 3.84. The van der Waals surface area contributed by atoms with Crippen LogP contribution in [-0.4, -0.2) is 61.6 Å². The van der Waals surface area contributed by atoms with Gasteiger partial charge in [0.2, 0.25) is 5.91 Å². The number of hydrogen-bond donors (Lipinski definition) is 1. The summed E-state index contributed by atoms with van der Waals surface area (Å²) in [6.45, 7) is 1.96. The van der Waals surface area contributed by atoms with E-state index in [1.54, 1.807) is 18.2 Å². The van der Waals surface area contributed by atoms with Gasteiger partial charge in [-0.3, -0.25) is 19.3 Å². The first-order valence-electron chi connectivity index (χ1n) is 9.89. The first-order valence-corrected chi connectivity index (χ1v) is 9.89. The molecule has 3 heterocycles. The lowest BCUT2D eigenvalue weighted by Gasteiger charge is -2.33. The third kappa shape index (κ3) is 3.96. The summed E-state index contributed by atoms with van der Waals surface area (Å²) in [4.78, 5) is 40.7. The third-order valence-electron chi connectivity index (χ3n) is 5.39. The van der Waals surface area contributed by atoms with Crippen molar-refractivity contribution in [3.8, 4) is 5.75 Å². The Morgan fingerprint density at radius 2 is 1.96 bits per heavy atom. The zero-order valence-electron chi connectivity index (χ0n) is 15.8. The molecule has 1 unspecified atom stereocenters. The first kappa shape index (κ1) is 18.7. The molecule has 0 spiro atoms. The van der Waals surface area contributed by atoms with Gasteiger partial charge in [-0.05, 0) is 50.3 Å². The lowest BCUT2D eigenvalue weighted by atomic mass is 10.1. The van der Waals surface area contributed by atoms with Crippen LogP contribution in [-0.2, 0) is 19.1 Å². The van der Waals surface area contributed by atoms with Gasteiger partial charge in [-0.15, -0.1) is 0 Å². The molecule has 1 aromatic rings. The van der Waals surface area contributed by atoms with Gasteiger partial charge in [-0.2, -0.15) is 0 Å². The van der Waals surface area contributed by atoms with E-state index >= 15 is 0 Å². The fourth-order valence-corrected chi connectivity index (χ4v) is 3.84. The van der Waals surface area contributed by atoms with Gasteiger partial charge in [0.15, 0.2) is 6.61 Å². The Balaban J connectivity index is 1.50. The lowest BCUT2D eigenvalue weighted by molar-refractivity contribution is -0.132. The van der Waals surface area contributed by atoms with E-state index in [1.165, 1.54) is 4.90 Å². The average molecular weight is 387 g/mol. The van der Waals surface area contributed by atoms with E-state index in [0.29, 0.717) is 30.2 Å². The topological polar surface area (TPSA) is 88.2 Å². The summed E-state index contributed by atoms with van der Waals surface area (Å²) in [5.74, 6) is 0.00719. The number of nitrogens with zero attached hydrogens (tertiary/aromatic N) is 2. The predicted octanol–water partition coefficient (Wildman–Crippen LogP) is 1.54. The van der Waals surface area contributed by atoms with E-state index in [9.17, 15) is 14.4 Å². The molecule has 0 saturated carbocycles. The van der Waals surface area contributed by atoms with Crippen molar-refractivity contribution in [3.63, 3.8) is 0 Å². The van der Waals surface area contributed by atoms with Crippen LogP contribution in [0.25, 0.3) is 0 Å². The average Bonchev–Trinajstić information content (AvgIpc) is 3.26. The number of ether oxygens (including phenoxy) is 2. The van der Waals surface area contributed by atoms with Gasteiger partial charge in [0.05, 0.1) is 5.69 Å². The minimum absolute atomic E-state index is 0.0155. The maximum Gasteiger partial charge on any atom is 0.265 e. The summed E-state index contributed by atoms with van der Waals surface area (Å²) < 4.78 is 10.9. The number of anilines is 2. The molecule has 3 aliphatic rings. The van der Waals surface area contributed by atoms with E-state index in [4.69, 9.17) is 9.47 Å². The van der Waals surface area contributed by atoms with E-state index in [0.717, 1.165) is 38.8 Å². The molecule has 0 aromatic heterocycles. The number of benzene rings is 1. The molecule has 28 heavy (non-hydrogen) atoms. The van der Waals surface area contributed by atoms with Crippen LogP contribution in [0.1, 0.15) is 32.1 Å². The molecule has 0 aliphatic carbocycles. The molecular formula is C20H25N3O5. The standard InChI is InChI=1S/C20H25N3O5/c24-18(22-8-2-1-3-9-22)12-23-15-11-14(6-7-16(15)28-13-19(23)25)21-20(26)17-5-4-10-27-17/h6-7,11,17H,1-5,8-10,12-13H2,(H,21,26). The maximum atomic E-state index is 12.7. The number of hydrogen-bond acceptors (Lipinski definition) is 5. The normalized spacial score (nSPS) is 21.9. The molecular weight excluding hydrogens is 362 g/mol. The second-order valence-corrected chi connectivity index (χ2v) is 7.38. The number of nitrogens with one attached hydrogen (secondary N) is 1. The lowest BCUT2D eigenvalue weighted by Crippen LogP contribution is -2.47. The molecule has 150 valence electrons. The van der Waals surface area contributed by atoms with Crippen LogP contribution in [0.15, 0.2) is 18.2 Å². The van der Waals surface area contributed by atoms with Crippen molar-refractivity contribution < 1.29 is 23.9 Å². The SMILES string of the molecule is O=C(Nc1ccc2c(c1)N(CC(=O)N1CCCCC1)C(=O)CO2)C1CCCO1. The van der Waals surface area contributed by atoms with Crippen molar-refractivity contribution in [2.24, 2.45) is 0 Å². The Hall–Kier alpha value is -2.61. The first-order chi connectivity index (χ1) is 13.6. The van der Waals surface area contributed by atoms with Crippen LogP contribution in [0, 0.1) is 0 Å². The zero-order chi connectivity index (χ0) is 19.5. The van der Waals surface area contributed by atoms with Crippen LogP contribution in [0.5, 0.6) is 5.75 Å². The molecule has 3 aliphatic heterocycles. The second kappa shape index (κ2) is 8.18. The zero-order valence-corrected chi connectivity index (χ0v) is 15.8. The minimum Gasteiger partial charge on any atom is -0.482 e. The molecule has 0 radical (unpaired) electrons. The Morgan fingerprint density at radius 1 is 1.14 bits per heavy atom. The Morgan fingerprint density at radius 3 is 2.71 bits per heavy atom. The van der Waals surface area contributed by atoms with Crippen LogP contribution < -0.4 is 15.0 Å². The summed E-state index contributed by atoms with van der Waals surface area (Å²) in [6.07, 6.45) is 4.27. The molecule has 3 amide bonds. The van der Waals surface area contributed by atoms with Gasteiger partial charge in [0, 0.05) is 25.4 Å². The second-order valence-electron chi connectivity index (χ2n) is 7.38. The quantitative estimate of drug-likeness (QED) is 0.847. The summed E-state index contributed by atoms with van der Waals surface area (Å²) in [7, 11) is 0. The van der Waals surface area contributed by atoms with Crippen LogP contribution in [0.3, 0.4) is 0 Å². The van der Waals surface area contributed by atoms with E-state index in [-0.39, 0.29) is 30.9 Å². The molecule has 1 aromatic carbocycles. The molecule has 0 bridgehead atoms. The van der Waals surface area contributed by atoms with Gasteiger partial charge >= 0.3 is 0 Å². The Bertz CT molecular complexity index is 769. The van der Waals surface area contributed by atoms with Gasteiger partial charge in [0.25, 0.3) is 11.8 Å². The van der Waals surface area contributed by atoms with Gasteiger partial charge in [-0.1, -0.05) is 0 Å². The van der Waals surface area contributed by atoms with Crippen LogP contribution in [0.4, 0.5) is 11.4 Å². The highest BCUT2D eigenvalue weighted by atomic mass is 16.5. The van der Waals surface area contributed by atoms with Gasteiger partial charge < -0.3 is 19.7 Å². The van der Waals surface area contributed by atoms with Gasteiger partial charge in [0.1, 0.15) is 18.4 Å². The Labute approximate surface area is 163 Å². The van der Waals surface area contributed by atoms with Gasteiger partial charge in [-0.25, -0.2) is 0 Å². The summed E-state index contributed by atoms with van der Waals surface area (Å²) >= 11 is 0. The van der Waals surface area contributed by atoms with E-state index in [2.05, 4.69) is 5.32 Å².